The molecule has 4 nitrogen and oxygen atoms in total. The number of anilines is 1. The van der Waals surface area contributed by atoms with Crippen LogP contribution in [0.2, 0.25) is 0 Å². The summed E-state index contributed by atoms with van der Waals surface area (Å²) in [5, 5.41) is 18.4. The molecule has 1 aliphatic rings. The Morgan fingerprint density at radius 2 is 2.00 bits per heavy atom. The zero-order chi connectivity index (χ0) is 17.0. The maximum absolute atomic E-state index is 13.0. The van der Waals surface area contributed by atoms with Gasteiger partial charge in [0.25, 0.3) is 0 Å². The highest BCUT2D eigenvalue weighted by Crippen LogP contribution is 2.35. The van der Waals surface area contributed by atoms with Crippen LogP contribution in [0.25, 0.3) is 11.3 Å². The Balaban J connectivity index is 1.77. The SMILES string of the molecule is C=CC[C@]1(CO)CCCN(c2ccc(-c3ccc(F)cc3)nn2)C1. The summed E-state index contributed by atoms with van der Waals surface area (Å²) in [7, 11) is 0. The number of hydrogen-bond donors (Lipinski definition) is 1. The third-order valence-corrected chi connectivity index (χ3v) is 4.69. The molecule has 126 valence electrons. The van der Waals surface area contributed by atoms with E-state index in [-0.39, 0.29) is 17.8 Å². The van der Waals surface area contributed by atoms with Crippen molar-refractivity contribution < 1.29 is 9.50 Å². The van der Waals surface area contributed by atoms with Gasteiger partial charge in [-0.15, -0.1) is 16.8 Å². The summed E-state index contributed by atoms with van der Waals surface area (Å²) in [5.41, 5.74) is 1.41. The van der Waals surface area contributed by atoms with Crippen molar-refractivity contribution in [2.45, 2.75) is 19.3 Å². The fourth-order valence-electron chi connectivity index (χ4n) is 3.34. The van der Waals surface area contributed by atoms with Crippen molar-refractivity contribution >= 4 is 5.82 Å². The van der Waals surface area contributed by atoms with Gasteiger partial charge >= 0.3 is 0 Å². The molecule has 24 heavy (non-hydrogen) atoms. The van der Waals surface area contributed by atoms with Gasteiger partial charge in [0.15, 0.2) is 5.82 Å². The second kappa shape index (κ2) is 7.09. The Morgan fingerprint density at radius 1 is 1.21 bits per heavy atom. The molecule has 2 aromatic rings. The topological polar surface area (TPSA) is 49.2 Å². The van der Waals surface area contributed by atoms with Gasteiger partial charge < -0.3 is 10.0 Å². The van der Waals surface area contributed by atoms with Gasteiger partial charge in [-0.1, -0.05) is 6.08 Å². The van der Waals surface area contributed by atoms with Gasteiger partial charge in [0.1, 0.15) is 5.82 Å². The average molecular weight is 327 g/mol. The van der Waals surface area contributed by atoms with Crippen LogP contribution in [-0.4, -0.2) is 35.0 Å². The average Bonchev–Trinajstić information content (AvgIpc) is 2.63. The molecule has 0 saturated carbocycles. The minimum atomic E-state index is -0.265. The fraction of sp³-hybridized carbons (Fsp3) is 0.368. The first kappa shape index (κ1) is 16.6. The highest BCUT2D eigenvalue weighted by atomic mass is 19.1. The van der Waals surface area contributed by atoms with Crippen molar-refractivity contribution in [2.75, 3.05) is 24.6 Å². The number of rotatable bonds is 5. The largest absolute Gasteiger partial charge is 0.396 e. The molecule has 3 rings (SSSR count). The quantitative estimate of drug-likeness (QED) is 0.855. The van der Waals surface area contributed by atoms with Crippen LogP contribution >= 0.6 is 0 Å². The lowest BCUT2D eigenvalue weighted by atomic mass is 9.78. The molecular formula is C19H22FN3O. The first-order valence-electron chi connectivity index (χ1n) is 8.22. The van der Waals surface area contributed by atoms with Crippen LogP contribution in [0, 0.1) is 11.2 Å². The van der Waals surface area contributed by atoms with E-state index in [4.69, 9.17) is 0 Å². The lowest BCUT2D eigenvalue weighted by molar-refractivity contribution is 0.108. The monoisotopic (exact) mass is 327 g/mol. The second-order valence-electron chi connectivity index (χ2n) is 6.46. The number of piperidine rings is 1. The molecule has 1 aromatic heterocycles. The minimum absolute atomic E-state index is 0.142. The smallest absolute Gasteiger partial charge is 0.151 e. The van der Waals surface area contributed by atoms with Crippen molar-refractivity contribution in [3.8, 4) is 11.3 Å². The van der Waals surface area contributed by atoms with Crippen LogP contribution in [-0.2, 0) is 0 Å². The zero-order valence-electron chi connectivity index (χ0n) is 13.7. The van der Waals surface area contributed by atoms with Crippen LogP contribution in [0.1, 0.15) is 19.3 Å². The number of aliphatic hydroxyl groups is 1. The summed E-state index contributed by atoms with van der Waals surface area (Å²) in [5.74, 6) is 0.543. The summed E-state index contributed by atoms with van der Waals surface area (Å²) >= 11 is 0. The van der Waals surface area contributed by atoms with Crippen molar-refractivity contribution in [1.82, 2.24) is 10.2 Å². The fourth-order valence-corrected chi connectivity index (χ4v) is 3.34. The normalized spacial score (nSPS) is 20.8. The first-order chi connectivity index (χ1) is 11.7. The molecule has 1 fully saturated rings. The van der Waals surface area contributed by atoms with Crippen molar-refractivity contribution in [3.05, 3.63) is 54.9 Å². The van der Waals surface area contributed by atoms with Gasteiger partial charge in [0.2, 0.25) is 0 Å². The van der Waals surface area contributed by atoms with E-state index < -0.39 is 0 Å². The van der Waals surface area contributed by atoms with Crippen LogP contribution in [0.15, 0.2) is 49.1 Å². The van der Waals surface area contributed by atoms with E-state index in [1.165, 1.54) is 12.1 Å². The molecule has 0 spiro atoms. The Kier molecular flexibility index (Phi) is 4.90. The van der Waals surface area contributed by atoms with Crippen molar-refractivity contribution in [1.29, 1.82) is 0 Å². The Bertz CT molecular complexity index is 687. The van der Waals surface area contributed by atoms with Gasteiger partial charge in [-0.3, -0.25) is 0 Å². The van der Waals surface area contributed by atoms with E-state index in [9.17, 15) is 9.50 Å². The van der Waals surface area contributed by atoms with Gasteiger partial charge in [-0.05, 0) is 55.7 Å². The van der Waals surface area contributed by atoms with Gasteiger partial charge in [0, 0.05) is 24.1 Å². The molecule has 0 unspecified atom stereocenters. The van der Waals surface area contributed by atoms with E-state index >= 15 is 0 Å². The molecule has 1 N–H and O–H groups in total. The summed E-state index contributed by atoms with van der Waals surface area (Å²) in [4.78, 5) is 2.17. The van der Waals surface area contributed by atoms with Crippen LogP contribution in [0.3, 0.4) is 0 Å². The van der Waals surface area contributed by atoms with E-state index in [1.54, 1.807) is 12.1 Å². The zero-order valence-corrected chi connectivity index (χ0v) is 13.7. The van der Waals surface area contributed by atoms with Crippen molar-refractivity contribution in [2.24, 2.45) is 5.41 Å². The third-order valence-electron chi connectivity index (χ3n) is 4.69. The summed E-state index contributed by atoms with van der Waals surface area (Å²) < 4.78 is 13.0. The van der Waals surface area contributed by atoms with E-state index in [1.807, 2.05) is 18.2 Å². The Labute approximate surface area is 141 Å². The van der Waals surface area contributed by atoms with Gasteiger partial charge in [-0.2, -0.15) is 0 Å². The predicted octanol–water partition coefficient (Wildman–Crippen LogP) is 3.44. The second-order valence-corrected chi connectivity index (χ2v) is 6.46. The molecular weight excluding hydrogens is 305 g/mol. The summed E-state index contributed by atoms with van der Waals surface area (Å²) in [6, 6.07) is 10.1. The molecule has 0 bridgehead atoms. The number of nitrogens with zero attached hydrogens (tertiary/aromatic N) is 3. The molecule has 1 saturated heterocycles. The number of allylic oxidation sites excluding steroid dienone is 1. The number of halogens is 1. The van der Waals surface area contributed by atoms with Crippen molar-refractivity contribution in [3.63, 3.8) is 0 Å². The Hall–Kier alpha value is -2.27. The molecule has 0 aliphatic carbocycles. The minimum Gasteiger partial charge on any atom is -0.396 e. The highest BCUT2D eigenvalue weighted by Gasteiger charge is 2.34. The molecule has 0 amide bonds. The lowest BCUT2D eigenvalue weighted by Crippen LogP contribution is -2.45. The van der Waals surface area contributed by atoms with E-state index in [2.05, 4.69) is 21.7 Å². The maximum Gasteiger partial charge on any atom is 0.151 e. The van der Waals surface area contributed by atoms with E-state index in [0.29, 0.717) is 0 Å². The molecule has 1 aromatic carbocycles. The summed E-state index contributed by atoms with van der Waals surface area (Å²) in [6.45, 7) is 5.62. The Morgan fingerprint density at radius 3 is 2.62 bits per heavy atom. The lowest BCUT2D eigenvalue weighted by Gasteiger charge is -2.41. The molecule has 0 radical (unpaired) electrons. The standard InChI is InChI=1S/C19H22FN3O/c1-2-10-19(14-24)11-3-12-23(13-19)18-9-8-17(21-22-18)15-4-6-16(20)7-5-15/h2,4-9,24H,1,3,10-14H2/t19-/m0/s1. The third kappa shape index (κ3) is 3.46. The molecule has 5 heteroatoms. The number of aromatic nitrogens is 2. The van der Waals surface area contributed by atoms with Crippen LogP contribution in [0.4, 0.5) is 10.2 Å². The first-order valence-corrected chi connectivity index (χ1v) is 8.22. The van der Waals surface area contributed by atoms with E-state index in [0.717, 1.165) is 49.4 Å². The summed E-state index contributed by atoms with van der Waals surface area (Å²) in [6.07, 6.45) is 4.67. The molecule has 2 heterocycles. The number of benzene rings is 1. The number of aliphatic hydroxyl groups excluding tert-OH is 1. The molecule has 1 aliphatic heterocycles. The van der Waals surface area contributed by atoms with Gasteiger partial charge in [-0.25, -0.2) is 4.39 Å². The number of hydrogen-bond acceptors (Lipinski definition) is 4. The van der Waals surface area contributed by atoms with Gasteiger partial charge in [0.05, 0.1) is 12.3 Å². The predicted molar refractivity (Wildman–Crippen MR) is 93.2 cm³/mol. The maximum atomic E-state index is 13.0. The van der Waals surface area contributed by atoms with Crippen LogP contribution in [0.5, 0.6) is 0 Å². The van der Waals surface area contributed by atoms with Crippen LogP contribution < -0.4 is 4.90 Å². The highest BCUT2D eigenvalue weighted by molar-refractivity contribution is 5.59. The molecule has 1 atom stereocenters.